The van der Waals surface area contributed by atoms with Gasteiger partial charge in [0, 0.05) is 25.7 Å². The Morgan fingerprint density at radius 2 is 2.00 bits per heavy atom. The van der Waals surface area contributed by atoms with Crippen LogP contribution >= 0.6 is 0 Å². The summed E-state index contributed by atoms with van der Waals surface area (Å²) in [5.74, 6) is 0. The highest BCUT2D eigenvalue weighted by atomic mass is 16.5. The summed E-state index contributed by atoms with van der Waals surface area (Å²) in [5, 5.41) is 10.2. The molecule has 21 heavy (non-hydrogen) atoms. The first-order valence-electron chi connectivity index (χ1n) is 8.56. The molecule has 0 bridgehead atoms. The van der Waals surface area contributed by atoms with Crippen molar-refractivity contribution in [1.29, 1.82) is 0 Å². The van der Waals surface area contributed by atoms with Gasteiger partial charge in [-0.3, -0.25) is 4.90 Å². The van der Waals surface area contributed by atoms with Gasteiger partial charge in [0.2, 0.25) is 0 Å². The van der Waals surface area contributed by atoms with Gasteiger partial charge in [-0.1, -0.05) is 12.8 Å². The predicted molar refractivity (Wildman–Crippen MR) is 79.4 cm³/mol. The quantitative estimate of drug-likeness (QED) is 0.798. The molecule has 3 rings (SSSR count). The monoisotopic (exact) mass is 299 g/mol. The number of morpholine rings is 1. The molecule has 4 atom stereocenters. The van der Waals surface area contributed by atoms with E-state index in [4.69, 9.17) is 14.2 Å². The van der Waals surface area contributed by atoms with Crippen LogP contribution in [0.4, 0.5) is 0 Å². The van der Waals surface area contributed by atoms with Gasteiger partial charge < -0.3 is 19.3 Å². The minimum absolute atomic E-state index is 0.239. The van der Waals surface area contributed by atoms with Crippen LogP contribution < -0.4 is 0 Å². The Balaban J connectivity index is 1.37. The third-order valence-corrected chi connectivity index (χ3v) is 4.93. The first-order chi connectivity index (χ1) is 10.3. The van der Waals surface area contributed by atoms with E-state index < -0.39 is 6.10 Å². The van der Waals surface area contributed by atoms with Crippen LogP contribution in [0.25, 0.3) is 0 Å². The van der Waals surface area contributed by atoms with Crippen LogP contribution in [0.3, 0.4) is 0 Å². The Hall–Kier alpha value is -0.200. The Labute approximate surface area is 127 Å². The molecule has 3 fully saturated rings. The topological polar surface area (TPSA) is 51.2 Å². The van der Waals surface area contributed by atoms with Crippen LogP contribution in [0.5, 0.6) is 0 Å². The van der Waals surface area contributed by atoms with Gasteiger partial charge in [0.15, 0.2) is 0 Å². The number of ether oxygens (including phenoxy) is 3. The molecular formula is C16H29NO4. The molecule has 0 aromatic heterocycles. The molecule has 122 valence electrons. The van der Waals surface area contributed by atoms with E-state index in [0.717, 1.165) is 32.6 Å². The number of aliphatic hydroxyl groups is 1. The third-order valence-electron chi connectivity index (χ3n) is 4.93. The number of aliphatic hydroxyl groups excluding tert-OH is 1. The number of hydrogen-bond donors (Lipinski definition) is 1. The Kier molecular flexibility index (Phi) is 5.89. The number of nitrogens with zero attached hydrogens (tertiary/aromatic N) is 1. The zero-order valence-electron chi connectivity index (χ0n) is 12.9. The number of β-amino-alcohol motifs (C(OH)–C–C–N with tert-alkyl or cyclic N) is 1. The zero-order valence-corrected chi connectivity index (χ0v) is 12.9. The normalized spacial score (nSPS) is 35.6. The van der Waals surface area contributed by atoms with Crippen LogP contribution in [0.2, 0.25) is 0 Å². The Morgan fingerprint density at radius 3 is 2.86 bits per heavy atom. The van der Waals surface area contributed by atoms with Gasteiger partial charge in [-0.25, -0.2) is 0 Å². The van der Waals surface area contributed by atoms with E-state index in [1.54, 1.807) is 0 Å². The molecule has 5 heteroatoms. The minimum Gasteiger partial charge on any atom is -0.389 e. The molecule has 1 saturated carbocycles. The summed E-state index contributed by atoms with van der Waals surface area (Å²) in [4.78, 5) is 2.41. The maximum Gasteiger partial charge on any atom is 0.0900 e. The lowest BCUT2D eigenvalue weighted by atomic mass is 9.90. The largest absolute Gasteiger partial charge is 0.389 e. The second-order valence-electron chi connectivity index (χ2n) is 6.58. The van der Waals surface area contributed by atoms with Crippen molar-refractivity contribution in [3.8, 4) is 0 Å². The molecule has 0 aromatic rings. The van der Waals surface area contributed by atoms with Gasteiger partial charge in [0.25, 0.3) is 0 Å². The summed E-state index contributed by atoms with van der Waals surface area (Å²) < 4.78 is 17.0. The number of fused-ring (bicyclic) bond motifs is 1. The lowest BCUT2D eigenvalue weighted by molar-refractivity contribution is -0.104. The fraction of sp³-hybridized carbons (Fsp3) is 1.00. The fourth-order valence-electron chi connectivity index (χ4n) is 3.84. The molecule has 3 aliphatic rings. The highest BCUT2D eigenvalue weighted by Gasteiger charge is 2.34. The molecule has 1 N–H and O–H groups in total. The van der Waals surface area contributed by atoms with Crippen LogP contribution in [-0.2, 0) is 14.2 Å². The van der Waals surface area contributed by atoms with Crippen molar-refractivity contribution in [3.63, 3.8) is 0 Å². The smallest absolute Gasteiger partial charge is 0.0900 e. The maximum absolute atomic E-state index is 10.2. The first kappa shape index (κ1) is 15.7. The second-order valence-corrected chi connectivity index (χ2v) is 6.58. The lowest BCUT2D eigenvalue weighted by Gasteiger charge is -2.44. The van der Waals surface area contributed by atoms with Crippen molar-refractivity contribution in [2.24, 2.45) is 0 Å². The summed E-state index contributed by atoms with van der Waals surface area (Å²) in [7, 11) is 0. The summed E-state index contributed by atoms with van der Waals surface area (Å²) in [6, 6.07) is 0.500. The van der Waals surface area contributed by atoms with Crippen LogP contribution in [0.1, 0.15) is 38.5 Å². The molecule has 0 aromatic carbocycles. The first-order valence-corrected chi connectivity index (χ1v) is 8.56. The van der Waals surface area contributed by atoms with Gasteiger partial charge in [0.05, 0.1) is 38.1 Å². The van der Waals surface area contributed by atoms with E-state index in [1.807, 2.05) is 0 Å². The van der Waals surface area contributed by atoms with Crippen molar-refractivity contribution in [1.82, 2.24) is 4.90 Å². The Bertz CT molecular complexity index is 307. The second kappa shape index (κ2) is 7.88. The molecule has 0 radical (unpaired) electrons. The SMILES string of the molecule is O[C@H](COC[C@@H]1CCCO1)CN1CCO[C@@H]2CCCC[C@@H]21. The van der Waals surface area contributed by atoms with Crippen LogP contribution in [0.15, 0.2) is 0 Å². The molecule has 2 aliphatic heterocycles. The Morgan fingerprint density at radius 1 is 1.10 bits per heavy atom. The molecule has 0 unspecified atom stereocenters. The van der Waals surface area contributed by atoms with Crippen molar-refractivity contribution in [3.05, 3.63) is 0 Å². The van der Waals surface area contributed by atoms with Crippen LogP contribution in [0, 0.1) is 0 Å². The number of rotatable bonds is 6. The van der Waals surface area contributed by atoms with E-state index in [0.29, 0.717) is 31.9 Å². The van der Waals surface area contributed by atoms with Crippen molar-refractivity contribution in [2.75, 3.05) is 39.5 Å². The number of hydrogen-bond acceptors (Lipinski definition) is 5. The van der Waals surface area contributed by atoms with Crippen molar-refractivity contribution in [2.45, 2.75) is 62.9 Å². The van der Waals surface area contributed by atoms with Crippen molar-refractivity contribution < 1.29 is 19.3 Å². The third kappa shape index (κ3) is 4.39. The van der Waals surface area contributed by atoms with E-state index >= 15 is 0 Å². The zero-order chi connectivity index (χ0) is 14.5. The standard InChI is InChI=1S/C16H29NO4/c18-13(11-19-12-14-4-3-8-20-14)10-17-7-9-21-16-6-2-1-5-15(16)17/h13-16,18H,1-12H2/t13-,14-,15-,16+/m0/s1. The summed E-state index contributed by atoms with van der Waals surface area (Å²) in [6.07, 6.45) is 7.37. The minimum atomic E-state index is -0.410. The maximum atomic E-state index is 10.2. The highest BCUT2D eigenvalue weighted by molar-refractivity contribution is 4.88. The molecule has 2 saturated heterocycles. The summed E-state index contributed by atoms with van der Waals surface area (Å²) in [6.45, 7) is 4.32. The molecule has 0 amide bonds. The van der Waals surface area contributed by atoms with Gasteiger partial charge in [-0.05, 0) is 25.7 Å². The highest BCUT2D eigenvalue weighted by Crippen LogP contribution is 2.28. The van der Waals surface area contributed by atoms with E-state index in [-0.39, 0.29) is 6.10 Å². The van der Waals surface area contributed by atoms with Gasteiger partial charge in [-0.2, -0.15) is 0 Å². The van der Waals surface area contributed by atoms with Gasteiger partial charge in [0.1, 0.15) is 0 Å². The molecule has 0 spiro atoms. The van der Waals surface area contributed by atoms with Gasteiger partial charge in [-0.15, -0.1) is 0 Å². The average molecular weight is 299 g/mol. The average Bonchev–Trinajstić information content (AvgIpc) is 3.01. The fourth-order valence-corrected chi connectivity index (χ4v) is 3.84. The van der Waals surface area contributed by atoms with E-state index in [1.165, 1.54) is 25.7 Å². The van der Waals surface area contributed by atoms with Gasteiger partial charge >= 0.3 is 0 Å². The van der Waals surface area contributed by atoms with Crippen LogP contribution in [-0.4, -0.2) is 73.9 Å². The molecule has 5 nitrogen and oxygen atoms in total. The molecule has 1 aliphatic carbocycles. The predicted octanol–water partition coefficient (Wildman–Crippen LogP) is 1.19. The molecule has 2 heterocycles. The molecular weight excluding hydrogens is 270 g/mol. The van der Waals surface area contributed by atoms with E-state index in [9.17, 15) is 5.11 Å². The van der Waals surface area contributed by atoms with E-state index in [2.05, 4.69) is 4.90 Å². The van der Waals surface area contributed by atoms with Crippen molar-refractivity contribution >= 4 is 0 Å². The lowest BCUT2D eigenvalue weighted by Crippen LogP contribution is -2.54. The summed E-state index contributed by atoms with van der Waals surface area (Å²) >= 11 is 0. The summed E-state index contributed by atoms with van der Waals surface area (Å²) in [5.41, 5.74) is 0.